The molecule has 1 heterocycles. The molecular weight excluding hydrogens is 224 g/mol. The molecule has 0 aromatic rings. The molecule has 2 N–H and O–H groups in total. The molecule has 1 rings (SSSR count). The molecule has 0 bridgehead atoms. The second-order valence-corrected chi connectivity index (χ2v) is 4.41. The van der Waals surface area contributed by atoms with Crippen molar-refractivity contribution in [1.82, 2.24) is 10.2 Å². The van der Waals surface area contributed by atoms with Gasteiger partial charge in [0, 0.05) is 13.1 Å². The number of carboxylic acid groups (broad SMARTS) is 1. The highest BCUT2D eigenvalue weighted by atomic mass is 16.5. The van der Waals surface area contributed by atoms with Gasteiger partial charge in [-0.1, -0.05) is 6.92 Å². The fourth-order valence-electron chi connectivity index (χ4n) is 1.92. The topological polar surface area (TPSA) is 78.9 Å². The van der Waals surface area contributed by atoms with Crippen LogP contribution in [0.1, 0.15) is 27.2 Å². The maximum atomic E-state index is 11.9. The maximum absolute atomic E-state index is 11.9. The van der Waals surface area contributed by atoms with Crippen LogP contribution in [-0.4, -0.2) is 53.3 Å². The second-order valence-electron chi connectivity index (χ2n) is 4.41. The maximum Gasteiger partial charge on any atom is 0.326 e. The predicted octanol–water partition coefficient (Wildman–Crippen LogP) is 0.668. The Balaban J connectivity index is 2.54. The van der Waals surface area contributed by atoms with Gasteiger partial charge in [-0.25, -0.2) is 9.59 Å². The number of urea groups is 1. The lowest BCUT2D eigenvalue weighted by Gasteiger charge is -2.35. The van der Waals surface area contributed by atoms with Crippen LogP contribution in [0.3, 0.4) is 0 Å². The number of amides is 2. The van der Waals surface area contributed by atoms with Crippen LogP contribution in [0.2, 0.25) is 0 Å². The summed E-state index contributed by atoms with van der Waals surface area (Å²) in [6.07, 6.45) is 0.333. The Morgan fingerprint density at radius 2 is 1.94 bits per heavy atom. The van der Waals surface area contributed by atoms with Crippen molar-refractivity contribution in [1.29, 1.82) is 0 Å². The monoisotopic (exact) mass is 244 g/mol. The average Bonchev–Trinajstić information content (AvgIpc) is 2.23. The molecule has 1 fully saturated rings. The fourth-order valence-corrected chi connectivity index (χ4v) is 1.92. The lowest BCUT2D eigenvalue weighted by molar-refractivity contribution is -0.139. The molecule has 0 spiro atoms. The molecular formula is C11H20N2O4. The SMILES string of the molecule is CC[C@@H](NC(=O)N1C[C@@H](C)O[C@@H](C)C1)C(=O)O. The molecule has 3 atom stereocenters. The van der Waals surface area contributed by atoms with E-state index in [0.29, 0.717) is 19.5 Å². The molecule has 0 aromatic heterocycles. The van der Waals surface area contributed by atoms with Crippen molar-refractivity contribution in [2.75, 3.05) is 13.1 Å². The molecule has 0 aliphatic carbocycles. The zero-order valence-corrected chi connectivity index (χ0v) is 10.5. The first-order valence-electron chi connectivity index (χ1n) is 5.87. The van der Waals surface area contributed by atoms with Crippen molar-refractivity contribution >= 4 is 12.0 Å². The second kappa shape index (κ2) is 5.86. The highest BCUT2D eigenvalue weighted by molar-refractivity contribution is 5.82. The third kappa shape index (κ3) is 3.89. The van der Waals surface area contributed by atoms with Crippen LogP contribution in [0.4, 0.5) is 4.79 Å². The molecule has 1 aliphatic heterocycles. The number of carbonyl (C=O) groups excluding carboxylic acids is 1. The number of rotatable bonds is 3. The van der Waals surface area contributed by atoms with Crippen LogP contribution in [0.5, 0.6) is 0 Å². The molecule has 98 valence electrons. The number of nitrogens with one attached hydrogen (secondary N) is 1. The van der Waals surface area contributed by atoms with E-state index in [9.17, 15) is 9.59 Å². The van der Waals surface area contributed by atoms with Gasteiger partial charge in [-0.05, 0) is 20.3 Å². The first kappa shape index (κ1) is 13.8. The molecule has 2 amide bonds. The van der Waals surface area contributed by atoms with E-state index in [1.165, 1.54) is 0 Å². The Kier molecular flexibility index (Phi) is 4.74. The molecule has 0 radical (unpaired) electrons. The van der Waals surface area contributed by atoms with E-state index < -0.39 is 12.0 Å². The first-order chi connectivity index (χ1) is 7.93. The van der Waals surface area contributed by atoms with Gasteiger partial charge >= 0.3 is 12.0 Å². The molecule has 6 heteroatoms. The largest absolute Gasteiger partial charge is 0.480 e. The molecule has 0 aromatic carbocycles. The van der Waals surface area contributed by atoms with Gasteiger partial charge in [0.05, 0.1) is 12.2 Å². The van der Waals surface area contributed by atoms with E-state index >= 15 is 0 Å². The van der Waals surface area contributed by atoms with E-state index in [1.54, 1.807) is 11.8 Å². The number of hydrogen-bond donors (Lipinski definition) is 2. The molecule has 0 unspecified atom stereocenters. The van der Waals surface area contributed by atoms with Crippen molar-refractivity contribution in [2.45, 2.75) is 45.4 Å². The quantitative estimate of drug-likeness (QED) is 0.764. The zero-order chi connectivity index (χ0) is 13.0. The van der Waals surface area contributed by atoms with Gasteiger partial charge in [-0.15, -0.1) is 0 Å². The van der Waals surface area contributed by atoms with Gasteiger partial charge in [0.15, 0.2) is 0 Å². The lowest BCUT2D eigenvalue weighted by Crippen LogP contribution is -2.54. The summed E-state index contributed by atoms with van der Waals surface area (Å²) in [5.74, 6) is -1.00. The molecule has 1 saturated heterocycles. The lowest BCUT2D eigenvalue weighted by atomic mass is 10.2. The van der Waals surface area contributed by atoms with Crippen molar-refractivity contribution < 1.29 is 19.4 Å². The van der Waals surface area contributed by atoms with Crippen molar-refractivity contribution in [3.8, 4) is 0 Å². The van der Waals surface area contributed by atoms with E-state index in [4.69, 9.17) is 9.84 Å². The van der Waals surface area contributed by atoms with Gasteiger partial charge in [-0.2, -0.15) is 0 Å². The number of morpholine rings is 1. The molecule has 0 saturated carbocycles. The minimum absolute atomic E-state index is 0.0191. The van der Waals surface area contributed by atoms with Crippen LogP contribution >= 0.6 is 0 Å². The number of carbonyl (C=O) groups is 2. The van der Waals surface area contributed by atoms with E-state index in [-0.39, 0.29) is 18.2 Å². The van der Waals surface area contributed by atoms with E-state index in [1.807, 2.05) is 13.8 Å². The van der Waals surface area contributed by atoms with Crippen molar-refractivity contribution in [3.63, 3.8) is 0 Å². The number of ether oxygens (including phenoxy) is 1. The number of aliphatic carboxylic acids is 1. The summed E-state index contributed by atoms with van der Waals surface area (Å²) < 4.78 is 5.51. The smallest absolute Gasteiger partial charge is 0.326 e. The molecule has 6 nitrogen and oxygen atoms in total. The summed E-state index contributed by atoms with van der Waals surface area (Å²) in [6.45, 7) is 6.50. The Hall–Kier alpha value is -1.30. The number of hydrogen-bond acceptors (Lipinski definition) is 3. The van der Waals surface area contributed by atoms with Crippen LogP contribution < -0.4 is 5.32 Å². The predicted molar refractivity (Wildman–Crippen MR) is 61.8 cm³/mol. The van der Waals surface area contributed by atoms with Crippen molar-refractivity contribution in [2.24, 2.45) is 0 Å². The average molecular weight is 244 g/mol. The van der Waals surface area contributed by atoms with Crippen molar-refractivity contribution in [3.05, 3.63) is 0 Å². The van der Waals surface area contributed by atoms with Crippen LogP contribution in [0.15, 0.2) is 0 Å². The highest BCUT2D eigenvalue weighted by Crippen LogP contribution is 2.10. The van der Waals surface area contributed by atoms with Gasteiger partial charge in [0.2, 0.25) is 0 Å². The molecule has 1 aliphatic rings. The minimum atomic E-state index is -1.00. The number of carboxylic acids is 1. The fraction of sp³-hybridized carbons (Fsp3) is 0.818. The summed E-state index contributed by atoms with van der Waals surface area (Å²) in [6, 6.07) is -1.16. The summed E-state index contributed by atoms with van der Waals surface area (Å²) in [5.41, 5.74) is 0. The third-order valence-corrected chi connectivity index (χ3v) is 2.71. The highest BCUT2D eigenvalue weighted by Gasteiger charge is 2.28. The van der Waals surface area contributed by atoms with E-state index in [0.717, 1.165) is 0 Å². The summed E-state index contributed by atoms with van der Waals surface area (Å²) in [7, 11) is 0. The Morgan fingerprint density at radius 3 is 2.35 bits per heavy atom. The Bertz CT molecular complexity index is 285. The summed E-state index contributed by atoms with van der Waals surface area (Å²) in [5, 5.41) is 11.4. The summed E-state index contributed by atoms with van der Waals surface area (Å²) >= 11 is 0. The van der Waals surface area contributed by atoms with Gasteiger partial charge in [0.1, 0.15) is 6.04 Å². The molecule has 17 heavy (non-hydrogen) atoms. The number of nitrogens with zero attached hydrogens (tertiary/aromatic N) is 1. The van der Waals surface area contributed by atoms with Crippen LogP contribution in [0.25, 0.3) is 0 Å². The standard InChI is InChI=1S/C11H20N2O4/c1-4-9(10(14)15)12-11(16)13-5-7(2)17-8(3)6-13/h7-9H,4-6H2,1-3H3,(H,12,16)(H,14,15)/t7-,8+,9-/m1/s1. The first-order valence-corrected chi connectivity index (χ1v) is 5.87. The van der Waals surface area contributed by atoms with Gasteiger partial charge in [-0.3, -0.25) is 0 Å². The minimum Gasteiger partial charge on any atom is -0.480 e. The van der Waals surface area contributed by atoms with E-state index in [2.05, 4.69) is 5.32 Å². The van der Waals surface area contributed by atoms with Gasteiger partial charge < -0.3 is 20.1 Å². The van der Waals surface area contributed by atoms with Gasteiger partial charge in [0.25, 0.3) is 0 Å². The normalized spacial score (nSPS) is 26.4. The third-order valence-electron chi connectivity index (χ3n) is 2.71. The Labute approximate surface area is 101 Å². The Morgan fingerprint density at radius 1 is 1.41 bits per heavy atom. The van der Waals surface area contributed by atoms with Crippen LogP contribution in [-0.2, 0) is 9.53 Å². The van der Waals surface area contributed by atoms with Crippen LogP contribution in [0, 0.1) is 0 Å². The summed E-state index contributed by atoms with van der Waals surface area (Å²) in [4.78, 5) is 24.3. The zero-order valence-electron chi connectivity index (χ0n) is 10.5.